The average Bonchev–Trinajstić information content (AvgIpc) is 3.07. The first-order valence-electron chi connectivity index (χ1n) is 13.7. The second kappa shape index (κ2) is 18.6. The van der Waals surface area contributed by atoms with E-state index in [9.17, 15) is 28.8 Å². The molecule has 50 heavy (non-hydrogen) atoms. The molecular formula is C36H24Ce2O12. The molecule has 14 heteroatoms. The van der Waals surface area contributed by atoms with Crippen LogP contribution in [0.2, 0.25) is 0 Å². The van der Waals surface area contributed by atoms with Crippen LogP contribution >= 0.6 is 0 Å². The standard InChI is InChI=1S/3C12H8O4.2Ce/c3*13-11(14)9-3-1-7-5-10(12(15)16)4-2-8(7)6-9;;/h3*1-6H,(H,13,14)(H,15,16);;. The van der Waals surface area contributed by atoms with Crippen LogP contribution in [0, 0.1) is 83.5 Å². The molecule has 0 unspecified atom stereocenters. The first kappa shape index (κ1) is 41.8. The van der Waals surface area contributed by atoms with Crippen LogP contribution in [0.1, 0.15) is 62.1 Å². The van der Waals surface area contributed by atoms with Gasteiger partial charge in [-0.05, 0) is 105 Å². The van der Waals surface area contributed by atoms with Gasteiger partial charge in [0.2, 0.25) is 0 Å². The van der Waals surface area contributed by atoms with Gasteiger partial charge in [-0.1, -0.05) is 36.4 Å². The minimum atomic E-state index is -0.996. The molecule has 0 bridgehead atoms. The minimum Gasteiger partial charge on any atom is -0.478 e. The van der Waals surface area contributed by atoms with E-state index in [1.807, 2.05) is 0 Å². The largest absolute Gasteiger partial charge is 0.478 e. The van der Waals surface area contributed by atoms with Gasteiger partial charge in [-0.15, -0.1) is 0 Å². The fourth-order valence-corrected chi connectivity index (χ4v) is 4.54. The topological polar surface area (TPSA) is 224 Å². The predicted octanol–water partition coefficient (Wildman–Crippen LogP) is 6.71. The molecule has 0 fully saturated rings. The van der Waals surface area contributed by atoms with Crippen molar-refractivity contribution < 1.29 is 143 Å². The third-order valence-corrected chi connectivity index (χ3v) is 7.00. The molecule has 0 aliphatic carbocycles. The van der Waals surface area contributed by atoms with E-state index in [0.717, 1.165) is 0 Å². The summed E-state index contributed by atoms with van der Waals surface area (Å²) in [7, 11) is 0. The zero-order chi connectivity index (χ0) is 35.1. The Labute approximate surface area is 349 Å². The molecule has 0 spiro atoms. The summed E-state index contributed by atoms with van der Waals surface area (Å²) < 4.78 is 0. The molecule has 0 aromatic heterocycles. The summed E-state index contributed by atoms with van der Waals surface area (Å²) in [5.74, 6) is -5.98. The molecule has 0 amide bonds. The SMILES string of the molecule is O=C(O)c1ccc2cc(C(=O)O)ccc2c1.O=C(O)c1ccc2cc(C(=O)O)ccc2c1.O=C(O)c1ccc2cc(C(=O)O)ccc2c1.[Ce].[Ce]. The maximum Gasteiger partial charge on any atom is 0.335 e. The van der Waals surface area contributed by atoms with Crippen molar-refractivity contribution in [1.82, 2.24) is 0 Å². The molecule has 0 radical (unpaired) electrons. The third kappa shape index (κ3) is 10.8. The second-order valence-corrected chi connectivity index (χ2v) is 10.2. The van der Waals surface area contributed by atoms with E-state index in [4.69, 9.17) is 30.6 Å². The molecule has 6 rings (SSSR count). The predicted molar refractivity (Wildman–Crippen MR) is 174 cm³/mol. The summed E-state index contributed by atoms with van der Waals surface area (Å²) in [6.45, 7) is 0. The number of hydrogen-bond acceptors (Lipinski definition) is 6. The van der Waals surface area contributed by atoms with E-state index in [1.54, 1.807) is 36.4 Å². The summed E-state index contributed by atoms with van der Waals surface area (Å²) in [5.41, 5.74) is 1.14. The maximum atomic E-state index is 10.7. The van der Waals surface area contributed by atoms with Crippen LogP contribution in [0.3, 0.4) is 0 Å². The van der Waals surface area contributed by atoms with Crippen molar-refractivity contribution in [3.8, 4) is 0 Å². The Kier molecular flexibility index (Phi) is 15.6. The zero-order valence-electron chi connectivity index (χ0n) is 25.5. The van der Waals surface area contributed by atoms with Gasteiger partial charge in [0.15, 0.2) is 0 Å². The second-order valence-electron chi connectivity index (χ2n) is 10.2. The monoisotopic (exact) mass is 928 g/mol. The van der Waals surface area contributed by atoms with Crippen LogP contribution in [-0.4, -0.2) is 66.5 Å². The molecule has 0 aliphatic rings. The number of carbonyl (C=O) groups is 6. The van der Waals surface area contributed by atoms with Crippen molar-refractivity contribution >= 4 is 68.1 Å². The van der Waals surface area contributed by atoms with E-state index in [1.165, 1.54) is 72.8 Å². The van der Waals surface area contributed by atoms with E-state index < -0.39 is 35.8 Å². The molecular weight excluding hydrogens is 905 g/mol. The third-order valence-electron chi connectivity index (χ3n) is 7.00. The average molecular weight is 929 g/mol. The van der Waals surface area contributed by atoms with Gasteiger partial charge in [0.05, 0.1) is 33.4 Å². The van der Waals surface area contributed by atoms with Crippen molar-refractivity contribution in [2.45, 2.75) is 0 Å². The fourth-order valence-electron chi connectivity index (χ4n) is 4.54. The fraction of sp³-hybridized carbons (Fsp3) is 0. The van der Waals surface area contributed by atoms with Crippen LogP contribution < -0.4 is 0 Å². The summed E-state index contributed by atoms with van der Waals surface area (Å²) >= 11 is 0. The van der Waals surface area contributed by atoms with Crippen LogP contribution in [0.15, 0.2) is 109 Å². The Hall–Kier alpha value is -4.33. The molecule has 6 aromatic rings. The number of carboxylic acid groups (broad SMARTS) is 6. The maximum absolute atomic E-state index is 10.7. The Morgan fingerprint density at radius 1 is 0.260 bits per heavy atom. The van der Waals surface area contributed by atoms with Crippen LogP contribution in [0.5, 0.6) is 0 Å². The van der Waals surface area contributed by atoms with Crippen LogP contribution in [0.4, 0.5) is 0 Å². The number of fused-ring (bicyclic) bond motifs is 3. The molecule has 0 atom stereocenters. The van der Waals surface area contributed by atoms with Crippen LogP contribution in [-0.2, 0) is 0 Å². The Morgan fingerprint density at radius 3 is 0.480 bits per heavy atom. The molecule has 248 valence electrons. The molecule has 0 saturated heterocycles. The summed E-state index contributed by atoms with van der Waals surface area (Å²) in [6, 6.07) is 27.4. The molecule has 0 aliphatic heterocycles. The van der Waals surface area contributed by atoms with E-state index in [-0.39, 0.29) is 117 Å². The molecule has 6 aromatic carbocycles. The minimum absolute atomic E-state index is 0. The molecule has 12 nitrogen and oxygen atoms in total. The number of hydrogen-bond donors (Lipinski definition) is 6. The first-order chi connectivity index (χ1) is 22.7. The molecule has 0 saturated carbocycles. The van der Waals surface area contributed by atoms with Gasteiger partial charge >= 0.3 is 35.8 Å². The normalized spacial score (nSPS) is 9.84. The number of rotatable bonds is 6. The van der Waals surface area contributed by atoms with Crippen molar-refractivity contribution in [2.24, 2.45) is 0 Å². The number of aromatic carboxylic acids is 6. The van der Waals surface area contributed by atoms with Gasteiger partial charge in [0, 0.05) is 83.5 Å². The Morgan fingerprint density at radius 2 is 0.380 bits per heavy atom. The van der Waals surface area contributed by atoms with Crippen molar-refractivity contribution in [2.75, 3.05) is 0 Å². The first-order valence-corrected chi connectivity index (χ1v) is 13.7. The summed E-state index contributed by atoms with van der Waals surface area (Å²) in [5, 5.41) is 57.0. The van der Waals surface area contributed by atoms with Gasteiger partial charge in [0.25, 0.3) is 0 Å². The van der Waals surface area contributed by atoms with Gasteiger partial charge < -0.3 is 30.6 Å². The summed E-state index contributed by atoms with van der Waals surface area (Å²) in [6.07, 6.45) is 0. The van der Waals surface area contributed by atoms with E-state index in [0.29, 0.717) is 32.3 Å². The smallest absolute Gasteiger partial charge is 0.335 e. The number of benzene rings is 6. The number of carboxylic acids is 6. The summed E-state index contributed by atoms with van der Waals surface area (Å²) in [4.78, 5) is 64.4. The van der Waals surface area contributed by atoms with Gasteiger partial charge in [-0.3, -0.25) is 0 Å². The van der Waals surface area contributed by atoms with Crippen molar-refractivity contribution in [1.29, 1.82) is 0 Å². The Bertz CT molecular complexity index is 1870. The Balaban J connectivity index is 0.000000255. The van der Waals surface area contributed by atoms with Crippen LogP contribution in [0.25, 0.3) is 32.3 Å². The van der Waals surface area contributed by atoms with Crippen molar-refractivity contribution in [3.05, 3.63) is 143 Å². The van der Waals surface area contributed by atoms with Crippen molar-refractivity contribution in [3.63, 3.8) is 0 Å². The van der Waals surface area contributed by atoms with Gasteiger partial charge in [-0.25, -0.2) is 28.8 Å². The molecule has 6 N–H and O–H groups in total. The van der Waals surface area contributed by atoms with E-state index in [2.05, 4.69) is 0 Å². The van der Waals surface area contributed by atoms with Gasteiger partial charge in [0.1, 0.15) is 0 Å². The quantitative estimate of drug-likeness (QED) is 0.103. The zero-order valence-corrected chi connectivity index (χ0v) is 31.8. The molecule has 0 heterocycles. The van der Waals surface area contributed by atoms with E-state index >= 15 is 0 Å². The van der Waals surface area contributed by atoms with Gasteiger partial charge in [-0.2, -0.15) is 0 Å².